The largest absolute Gasteiger partial charge is 0.524 e. The van der Waals surface area contributed by atoms with E-state index in [1.165, 1.54) is 0 Å². The van der Waals surface area contributed by atoms with Gasteiger partial charge < -0.3 is 4.52 Å². The Kier molecular flexibility index (Phi) is 2.19. The minimum Gasteiger partial charge on any atom is -0.404 e. The van der Waals surface area contributed by atoms with E-state index in [1.54, 1.807) is 18.2 Å². The van der Waals surface area contributed by atoms with E-state index in [0.717, 1.165) is 17.5 Å². The van der Waals surface area contributed by atoms with Gasteiger partial charge in [0.25, 0.3) is 0 Å². The molecule has 1 aliphatic carbocycles. The van der Waals surface area contributed by atoms with E-state index in [4.69, 9.17) is 9.79 Å². The Morgan fingerprint density at radius 2 is 2.14 bits per heavy atom. The van der Waals surface area contributed by atoms with Gasteiger partial charge in [0.2, 0.25) is 0 Å². The van der Waals surface area contributed by atoms with Crippen LogP contribution in [0.25, 0.3) is 6.08 Å². The molecule has 1 aromatic rings. The van der Waals surface area contributed by atoms with Crippen molar-refractivity contribution in [1.29, 1.82) is 0 Å². The normalized spacial score (nSPS) is 14.1. The van der Waals surface area contributed by atoms with E-state index >= 15 is 0 Å². The number of hydrogen-bond acceptors (Lipinski definition) is 2. The molecule has 74 valence electrons. The highest BCUT2D eigenvalue weighted by Gasteiger charge is 2.19. The van der Waals surface area contributed by atoms with E-state index in [1.807, 2.05) is 12.1 Å². The first-order valence-corrected chi connectivity index (χ1v) is 5.63. The van der Waals surface area contributed by atoms with E-state index < -0.39 is 7.82 Å². The zero-order valence-corrected chi connectivity index (χ0v) is 8.15. The predicted octanol–water partition coefficient (Wildman–Crippen LogP) is 1.73. The Balaban J connectivity index is 2.40. The summed E-state index contributed by atoms with van der Waals surface area (Å²) in [6, 6.07) is 5.17. The fourth-order valence-corrected chi connectivity index (χ4v) is 1.88. The van der Waals surface area contributed by atoms with Crippen molar-refractivity contribution in [2.45, 2.75) is 6.42 Å². The van der Waals surface area contributed by atoms with Gasteiger partial charge in [0.05, 0.1) is 0 Å². The molecule has 0 radical (unpaired) electrons. The Labute approximate surface area is 81.1 Å². The zero-order chi connectivity index (χ0) is 10.2. The molecule has 0 amide bonds. The van der Waals surface area contributed by atoms with Gasteiger partial charge in [-0.05, 0) is 18.1 Å². The molecule has 0 heterocycles. The van der Waals surface area contributed by atoms with Crippen LogP contribution in [0.5, 0.6) is 5.75 Å². The summed E-state index contributed by atoms with van der Waals surface area (Å²) in [5, 5.41) is 0. The molecule has 0 unspecified atom stereocenters. The van der Waals surface area contributed by atoms with Crippen molar-refractivity contribution in [3.8, 4) is 5.75 Å². The van der Waals surface area contributed by atoms with E-state index in [-0.39, 0.29) is 5.75 Å². The summed E-state index contributed by atoms with van der Waals surface area (Å²) in [4.78, 5) is 17.3. The van der Waals surface area contributed by atoms with Gasteiger partial charge in [-0.25, -0.2) is 4.57 Å². The molecule has 0 aromatic heterocycles. The zero-order valence-electron chi connectivity index (χ0n) is 7.25. The van der Waals surface area contributed by atoms with Crippen molar-refractivity contribution in [1.82, 2.24) is 0 Å². The molecule has 0 bridgehead atoms. The number of allylic oxidation sites excluding steroid dienone is 1. The highest BCUT2D eigenvalue weighted by molar-refractivity contribution is 7.46. The number of benzene rings is 1. The molecule has 1 aliphatic rings. The van der Waals surface area contributed by atoms with E-state index in [0.29, 0.717) is 0 Å². The maximum atomic E-state index is 10.6. The van der Waals surface area contributed by atoms with Crippen LogP contribution < -0.4 is 4.52 Å². The van der Waals surface area contributed by atoms with E-state index in [9.17, 15) is 4.57 Å². The van der Waals surface area contributed by atoms with Crippen LogP contribution in [0.3, 0.4) is 0 Å². The molecule has 1 aromatic carbocycles. The van der Waals surface area contributed by atoms with Gasteiger partial charge in [0, 0.05) is 5.56 Å². The number of phosphoric acid groups is 1. The fraction of sp³-hybridized carbons (Fsp3) is 0.111. The third kappa shape index (κ3) is 1.87. The summed E-state index contributed by atoms with van der Waals surface area (Å²) >= 11 is 0. The maximum absolute atomic E-state index is 10.6. The van der Waals surface area contributed by atoms with Crippen LogP contribution >= 0.6 is 7.82 Å². The second-order valence-corrected chi connectivity index (χ2v) is 4.18. The molecular weight excluding hydrogens is 203 g/mol. The Morgan fingerprint density at radius 1 is 1.36 bits per heavy atom. The summed E-state index contributed by atoms with van der Waals surface area (Å²) < 4.78 is 15.2. The Hall–Kier alpha value is -1.09. The summed E-state index contributed by atoms with van der Waals surface area (Å²) in [5.41, 5.74) is 1.78. The highest BCUT2D eigenvalue weighted by atomic mass is 31.2. The molecule has 0 atom stereocenters. The summed E-state index contributed by atoms with van der Waals surface area (Å²) in [6.45, 7) is 0. The summed E-state index contributed by atoms with van der Waals surface area (Å²) in [5.74, 6) is 0.240. The number of rotatable bonds is 2. The molecule has 0 aliphatic heterocycles. The molecule has 0 saturated heterocycles. The lowest BCUT2D eigenvalue weighted by Crippen LogP contribution is -1.93. The van der Waals surface area contributed by atoms with Crippen LogP contribution in [-0.4, -0.2) is 9.79 Å². The van der Waals surface area contributed by atoms with Crippen LogP contribution in [0.1, 0.15) is 11.1 Å². The average Bonchev–Trinajstić information content (AvgIpc) is 2.49. The average molecular weight is 212 g/mol. The van der Waals surface area contributed by atoms with Crippen LogP contribution in [0.2, 0.25) is 0 Å². The number of fused-ring (bicyclic) bond motifs is 1. The third-order valence-electron chi connectivity index (χ3n) is 2.00. The summed E-state index contributed by atoms with van der Waals surface area (Å²) in [6.07, 6.45) is 4.52. The van der Waals surface area contributed by atoms with Gasteiger partial charge in [0.1, 0.15) is 5.75 Å². The SMILES string of the molecule is O=P(O)(O)Oc1cccc2c1C=CC2. The van der Waals surface area contributed by atoms with E-state index in [2.05, 4.69) is 4.52 Å². The quantitative estimate of drug-likeness (QED) is 0.732. The van der Waals surface area contributed by atoms with Crippen LogP contribution in [-0.2, 0) is 11.0 Å². The molecule has 2 N–H and O–H groups in total. The van der Waals surface area contributed by atoms with Gasteiger partial charge in [-0.15, -0.1) is 0 Å². The van der Waals surface area contributed by atoms with Crippen molar-refractivity contribution in [2.24, 2.45) is 0 Å². The van der Waals surface area contributed by atoms with Crippen LogP contribution in [0, 0.1) is 0 Å². The molecule has 2 rings (SSSR count). The molecular formula is C9H9O4P. The van der Waals surface area contributed by atoms with Crippen LogP contribution in [0.15, 0.2) is 24.3 Å². The van der Waals surface area contributed by atoms with Crippen molar-refractivity contribution >= 4 is 13.9 Å². The van der Waals surface area contributed by atoms with Crippen LogP contribution in [0.4, 0.5) is 0 Å². The summed E-state index contributed by atoms with van der Waals surface area (Å²) in [7, 11) is -4.45. The highest BCUT2D eigenvalue weighted by Crippen LogP contribution is 2.41. The first-order valence-electron chi connectivity index (χ1n) is 4.10. The molecule has 0 saturated carbocycles. The predicted molar refractivity (Wildman–Crippen MR) is 51.9 cm³/mol. The van der Waals surface area contributed by atoms with Gasteiger partial charge >= 0.3 is 7.82 Å². The minimum atomic E-state index is -4.45. The minimum absolute atomic E-state index is 0.240. The van der Waals surface area contributed by atoms with Gasteiger partial charge in [-0.2, -0.15) is 0 Å². The maximum Gasteiger partial charge on any atom is 0.524 e. The third-order valence-corrected chi connectivity index (χ3v) is 2.43. The standard InChI is InChI=1S/C9H9O4P/c10-14(11,12)13-9-6-2-4-7-3-1-5-8(7)9/h1-2,4-6H,3H2,(H2,10,11,12). The first-order chi connectivity index (χ1) is 6.56. The lowest BCUT2D eigenvalue weighted by Gasteiger charge is -2.09. The van der Waals surface area contributed by atoms with Crippen molar-refractivity contribution in [2.75, 3.05) is 0 Å². The van der Waals surface area contributed by atoms with Gasteiger partial charge in [-0.1, -0.05) is 24.3 Å². The smallest absolute Gasteiger partial charge is 0.404 e. The number of phosphoric ester groups is 1. The van der Waals surface area contributed by atoms with Crippen molar-refractivity contribution < 1.29 is 18.9 Å². The second-order valence-electron chi connectivity index (χ2n) is 3.02. The van der Waals surface area contributed by atoms with Crippen molar-refractivity contribution in [3.05, 3.63) is 35.4 Å². The molecule has 0 fully saturated rings. The second kappa shape index (κ2) is 3.24. The first kappa shape index (κ1) is 9.46. The Bertz CT molecular complexity index is 432. The van der Waals surface area contributed by atoms with Gasteiger partial charge in [0.15, 0.2) is 0 Å². The molecule has 5 heteroatoms. The Morgan fingerprint density at radius 3 is 2.86 bits per heavy atom. The lowest BCUT2D eigenvalue weighted by atomic mass is 10.1. The fourth-order valence-electron chi connectivity index (χ4n) is 1.47. The topological polar surface area (TPSA) is 66.8 Å². The molecule has 0 spiro atoms. The lowest BCUT2D eigenvalue weighted by molar-refractivity contribution is 0.283. The number of hydrogen-bond donors (Lipinski definition) is 2. The molecule has 14 heavy (non-hydrogen) atoms. The van der Waals surface area contributed by atoms with Gasteiger partial charge in [-0.3, -0.25) is 9.79 Å². The molecule has 4 nitrogen and oxygen atoms in total. The monoisotopic (exact) mass is 212 g/mol. The van der Waals surface area contributed by atoms with Crippen molar-refractivity contribution in [3.63, 3.8) is 0 Å².